The Kier molecular flexibility index (Phi) is 3.81. The van der Waals surface area contributed by atoms with Crippen molar-refractivity contribution in [3.63, 3.8) is 0 Å². The van der Waals surface area contributed by atoms with E-state index in [0.29, 0.717) is 6.54 Å². The van der Waals surface area contributed by atoms with E-state index in [-0.39, 0.29) is 5.69 Å². The molecule has 3 heteroatoms. The van der Waals surface area contributed by atoms with Gasteiger partial charge in [-0.2, -0.15) is 0 Å². The summed E-state index contributed by atoms with van der Waals surface area (Å²) in [4.78, 5) is 14.5. The Morgan fingerprint density at radius 2 is 2.00 bits per heavy atom. The van der Waals surface area contributed by atoms with Crippen molar-refractivity contribution in [3.8, 4) is 0 Å². The Balaban J connectivity index is 2.20. The molecule has 0 bridgehead atoms. The minimum absolute atomic E-state index is 0.0139. The number of unbranched alkanes of at least 4 members (excludes halogenated alkanes) is 1. The van der Waals surface area contributed by atoms with E-state index in [0.717, 1.165) is 30.5 Å². The van der Waals surface area contributed by atoms with Crippen LogP contribution in [0.4, 0.5) is 0 Å². The van der Waals surface area contributed by atoms with E-state index in [9.17, 15) is 4.79 Å². The van der Waals surface area contributed by atoms with E-state index in [1.807, 2.05) is 41.1 Å². The molecule has 3 nitrogen and oxygen atoms in total. The second-order valence-corrected chi connectivity index (χ2v) is 4.26. The minimum Gasteiger partial charge on any atom is -0.312 e. The number of aryl methyl sites for hydroxylation is 1. The van der Waals surface area contributed by atoms with E-state index in [1.165, 1.54) is 0 Å². The van der Waals surface area contributed by atoms with Gasteiger partial charge in [-0.05, 0) is 18.4 Å². The number of H-pyrrole nitrogens is 1. The van der Waals surface area contributed by atoms with Crippen LogP contribution in [0, 0.1) is 0 Å². The molecular weight excluding hydrogens is 212 g/mol. The van der Waals surface area contributed by atoms with Gasteiger partial charge in [-0.3, -0.25) is 4.57 Å². The summed E-state index contributed by atoms with van der Waals surface area (Å²) in [6, 6.07) is 10.1. The topological polar surface area (TPSA) is 37.8 Å². The maximum atomic E-state index is 11.7. The fourth-order valence-corrected chi connectivity index (χ4v) is 1.94. The van der Waals surface area contributed by atoms with Crippen molar-refractivity contribution in [1.29, 1.82) is 0 Å². The Bertz CT molecular complexity index is 511. The van der Waals surface area contributed by atoms with Gasteiger partial charge < -0.3 is 4.98 Å². The first kappa shape index (κ1) is 11.7. The molecule has 0 spiro atoms. The predicted octanol–water partition coefficient (Wildman–Crippen LogP) is 2.57. The second-order valence-electron chi connectivity index (χ2n) is 4.26. The van der Waals surface area contributed by atoms with Crippen LogP contribution in [0.3, 0.4) is 0 Å². The maximum absolute atomic E-state index is 11.7. The molecule has 0 aliphatic carbocycles. The van der Waals surface area contributed by atoms with Crippen molar-refractivity contribution in [2.75, 3.05) is 0 Å². The van der Waals surface area contributed by atoms with Gasteiger partial charge in [0.25, 0.3) is 0 Å². The van der Waals surface area contributed by atoms with Gasteiger partial charge in [0.2, 0.25) is 0 Å². The number of nitrogens with zero attached hydrogens (tertiary/aromatic N) is 1. The third-order valence-electron chi connectivity index (χ3n) is 2.92. The summed E-state index contributed by atoms with van der Waals surface area (Å²) >= 11 is 0. The standard InChI is InChI=1S/C14H18N2O/c1-2-3-9-13-10-15-14(17)16(13)11-12-7-5-4-6-8-12/h4-8,10H,2-3,9,11H2,1H3,(H,15,17). The first-order chi connectivity index (χ1) is 8.31. The molecule has 0 fully saturated rings. The highest BCUT2D eigenvalue weighted by molar-refractivity contribution is 5.16. The lowest BCUT2D eigenvalue weighted by Crippen LogP contribution is -2.19. The number of benzene rings is 1. The zero-order chi connectivity index (χ0) is 12.1. The summed E-state index contributed by atoms with van der Waals surface area (Å²) in [7, 11) is 0. The molecule has 1 heterocycles. The fourth-order valence-electron chi connectivity index (χ4n) is 1.94. The van der Waals surface area contributed by atoms with Crippen LogP contribution in [0.15, 0.2) is 41.3 Å². The van der Waals surface area contributed by atoms with Crippen molar-refractivity contribution >= 4 is 0 Å². The number of nitrogens with one attached hydrogen (secondary N) is 1. The van der Waals surface area contributed by atoms with Crippen LogP contribution in [0.1, 0.15) is 31.0 Å². The molecule has 0 radical (unpaired) electrons. The number of hydrogen-bond donors (Lipinski definition) is 1. The molecule has 2 rings (SSSR count). The molecule has 0 atom stereocenters. The first-order valence-corrected chi connectivity index (χ1v) is 6.12. The van der Waals surface area contributed by atoms with Gasteiger partial charge in [0.15, 0.2) is 0 Å². The molecule has 0 aliphatic rings. The molecule has 2 aromatic rings. The third kappa shape index (κ3) is 2.87. The second kappa shape index (κ2) is 5.53. The van der Waals surface area contributed by atoms with Gasteiger partial charge in [-0.1, -0.05) is 43.7 Å². The minimum atomic E-state index is -0.0139. The Morgan fingerprint density at radius 3 is 2.71 bits per heavy atom. The van der Waals surface area contributed by atoms with Gasteiger partial charge in [0, 0.05) is 11.9 Å². The summed E-state index contributed by atoms with van der Waals surface area (Å²) in [5.41, 5.74) is 2.24. The van der Waals surface area contributed by atoms with Crippen molar-refractivity contribution in [3.05, 3.63) is 58.3 Å². The van der Waals surface area contributed by atoms with Crippen LogP contribution >= 0.6 is 0 Å². The normalized spacial score (nSPS) is 10.6. The van der Waals surface area contributed by atoms with Gasteiger partial charge in [-0.25, -0.2) is 4.79 Å². The Hall–Kier alpha value is -1.77. The van der Waals surface area contributed by atoms with E-state index in [1.54, 1.807) is 0 Å². The molecule has 0 unspecified atom stereocenters. The van der Waals surface area contributed by atoms with E-state index in [4.69, 9.17) is 0 Å². The van der Waals surface area contributed by atoms with E-state index < -0.39 is 0 Å². The summed E-state index contributed by atoms with van der Waals surface area (Å²) in [6.45, 7) is 2.81. The van der Waals surface area contributed by atoms with Crippen LogP contribution < -0.4 is 5.69 Å². The molecule has 17 heavy (non-hydrogen) atoms. The average Bonchev–Trinajstić information content (AvgIpc) is 2.70. The monoisotopic (exact) mass is 230 g/mol. The lowest BCUT2D eigenvalue weighted by molar-refractivity contribution is 0.679. The van der Waals surface area contributed by atoms with Gasteiger partial charge in [0.05, 0.1) is 6.54 Å². The molecule has 1 aromatic heterocycles. The largest absolute Gasteiger partial charge is 0.326 e. The van der Waals surface area contributed by atoms with Crippen molar-refractivity contribution < 1.29 is 0 Å². The van der Waals surface area contributed by atoms with Crippen LogP contribution in [0.2, 0.25) is 0 Å². The maximum Gasteiger partial charge on any atom is 0.326 e. The zero-order valence-corrected chi connectivity index (χ0v) is 10.1. The SMILES string of the molecule is CCCCc1c[nH]c(=O)n1Cc1ccccc1. The smallest absolute Gasteiger partial charge is 0.312 e. The fraction of sp³-hybridized carbons (Fsp3) is 0.357. The lowest BCUT2D eigenvalue weighted by atomic mass is 10.2. The van der Waals surface area contributed by atoms with Gasteiger partial charge >= 0.3 is 5.69 Å². The van der Waals surface area contributed by atoms with Crippen molar-refractivity contribution in [1.82, 2.24) is 9.55 Å². The number of rotatable bonds is 5. The molecule has 0 saturated heterocycles. The van der Waals surface area contributed by atoms with Gasteiger partial charge in [-0.15, -0.1) is 0 Å². The molecule has 0 amide bonds. The predicted molar refractivity (Wildman–Crippen MR) is 69.2 cm³/mol. The lowest BCUT2D eigenvalue weighted by Gasteiger charge is -2.06. The summed E-state index contributed by atoms with van der Waals surface area (Å²) in [6.07, 6.45) is 5.06. The van der Waals surface area contributed by atoms with Crippen LogP contribution in [-0.2, 0) is 13.0 Å². The van der Waals surface area contributed by atoms with E-state index >= 15 is 0 Å². The van der Waals surface area contributed by atoms with Crippen LogP contribution in [0.25, 0.3) is 0 Å². The molecule has 1 N–H and O–H groups in total. The number of aromatic nitrogens is 2. The molecule has 0 aliphatic heterocycles. The third-order valence-corrected chi connectivity index (χ3v) is 2.92. The van der Waals surface area contributed by atoms with Crippen LogP contribution in [-0.4, -0.2) is 9.55 Å². The molecule has 0 saturated carbocycles. The number of imidazole rings is 1. The van der Waals surface area contributed by atoms with E-state index in [2.05, 4.69) is 11.9 Å². The summed E-state index contributed by atoms with van der Waals surface area (Å²) < 4.78 is 1.82. The Labute approximate surface area is 101 Å². The zero-order valence-electron chi connectivity index (χ0n) is 10.1. The highest BCUT2D eigenvalue weighted by Gasteiger charge is 2.05. The first-order valence-electron chi connectivity index (χ1n) is 6.12. The Morgan fingerprint density at radius 1 is 1.24 bits per heavy atom. The van der Waals surface area contributed by atoms with Gasteiger partial charge in [0.1, 0.15) is 0 Å². The van der Waals surface area contributed by atoms with Crippen molar-refractivity contribution in [2.24, 2.45) is 0 Å². The number of hydrogen-bond acceptors (Lipinski definition) is 1. The summed E-state index contributed by atoms with van der Waals surface area (Å²) in [5, 5.41) is 0. The van der Waals surface area contributed by atoms with Crippen LogP contribution in [0.5, 0.6) is 0 Å². The molecular formula is C14H18N2O. The highest BCUT2D eigenvalue weighted by atomic mass is 16.1. The quantitative estimate of drug-likeness (QED) is 0.842. The van der Waals surface area contributed by atoms with Crippen molar-refractivity contribution in [2.45, 2.75) is 32.7 Å². The number of aromatic amines is 1. The highest BCUT2D eigenvalue weighted by Crippen LogP contribution is 2.06. The molecule has 90 valence electrons. The average molecular weight is 230 g/mol. The summed E-state index contributed by atoms with van der Waals surface area (Å²) in [5.74, 6) is 0. The molecule has 1 aromatic carbocycles.